The van der Waals surface area contributed by atoms with E-state index in [0.717, 1.165) is 37.7 Å². The summed E-state index contributed by atoms with van der Waals surface area (Å²) in [5, 5.41) is 9.98. The van der Waals surface area contributed by atoms with Crippen molar-refractivity contribution in [2.24, 2.45) is 0 Å². The molecular weight excluding hydrogens is 404 g/mol. The molecule has 0 spiro atoms. The summed E-state index contributed by atoms with van der Waals surface area (Å²) >= 11 is -2.16. The van der Waals surface area contributed by atoms with E-state index in [1.54, 1.807) is 0 Å². The minimum Gasteiger partial charge on any atom is -0.351 e. The van der Waals surface area contributed by atoms with E-state index in [2.05, 4.69) is 32.8 Å². The van der Waals surface area contributed by atoms with Crippen molar-refractivity contribution in [3.05, 3.63) is 35.4 Å². The van der Waals surface area contributed by atoms with Crippen LogP contribution >= 0.6 is 0 Å². The van der Waals surface area contributed by atoms with Crippen LogP contribution in [0.25, 0.3) is 0 Å². The van der Waals surface area contributed by atoms with Crippen LogP contribution < -0.4 is 20.7 Å². The molecular formula is C20H36N4O3SSi. The van der Waals surface area contributed by atoms with Crippen LogP contribution in [0.4, 0.5) is 0 Å². The monoisotopic (exact) mass is 440 g/mol. The number of hydrogen-bond acceptors (Lipinski definition) is 4. The van der Waals surface area contributed by atoms with Crippen molar-refractivity contribution in [2.45, 2.75) is 69.9 Å². The quantitative estimate of drug-likeness (QED) is 0.179. The average molecular weight is 441 g/mol. The van der Waals surface area contributed by atoms with Crippen LogP contribution in [0, 0.1) is 0 Å². The van der Waals surface area contributed by atoms with Crippen molar-refractivity contribution < 1.29 is 13.6 Å². The van der Waals surface area contributed by atoms with Crippen LogP contribution in [0.2, 0.25) is 6.55 Å². The van der Waals surface area contributed by atoms with Crippen molar-refractivity contribution in [2.75, 3.05) is 13.1 Å². The van der Waals surface area contributed by atoms with E-state index in [1.165, 1.54) is 37.7 Å². The summed E-state index contributed by atoms with van der Waals surface area (Å²) in [5.41, 5.74) is 1.70. The Kier molecular flexibility index (Phi) is 11.7. The Morgan fingerprint density at radius 2 is 1.79 bits per heavy atom. The fourth-order valence-corrected chi connectivity index (χ4v) is 5.55. The fourth-order valence-electron chi connectivity index (χ4n) is 3.59. The van der Waals surface area contributed by atoms with E-state index < -0.39 is 26.5 Å². The highest BCUT2D eigenvalue weighted by Crippen LogP contribution is 2.17. The molecule has 0 bridgehead atoms. The molecule has 2 rings (SSSR count). The van der Waals surface area contributed by atoms with Gasteiger partial charge in [0.1, 0.15) is 0 Å². The number of amides is 1. The SMILES string of the molecule is C[SiH2][C@H](NS(=O)O)C(=O)NCc1ccc(CNCCCNC2CCCCC2)cc1. The van der Waals surface area contributed by atoms with Gasteiger partial charge in [-0.3, -0.25) is 9.35 Å². The molecule has 1 saturated carbocycles. The van der Waals surface area contributed by atoms with Crippen LogP contribution in [-0.2, 0) is 29.2 Å². The molecule has 7 nitrogen and oxygen atoms in total. The van der Waals surface area contributed by atoms with Crippen LogP contribution in [0.1, 0.15) is 49.7 Å². The first-order chi connectivity index (χ1) is 14.1. The number of rotatable bonds is 13. The van der Waals surface area contributed by atoms with E-state index in [4.69, 9.17) is 4.55 Å². The van der Waals surface area contributed by atoms with Gasteiger partial charge in [0, 0.05) is 19.1 Å². The lowest BCUT2D eigenvalue weighted by Crippen LogP contribution is -2.47. The van der Waals surface area contributed by atoms with Gasteiger partial charge >= 0.3 is 0 Å². The molecule has 1 aromatic carbocycles. The normalized spacial score (nSPS) is 17.4. The van der Waals surface area contributed by atoms with E-state index in [1.807, 2.05) is 18.7 Å². The number of hydrogen-bond donors (Lipinski definition) is 5. The number of carbonyl (C=O) groups is 1. The molecule has 1 amide bonds. The topological polar surface area (TPSA) is 102 Å². The third-order valence-corrected chi connectivity index (χ3v) is 7.53. The lowest BCUT2D eigenvalue weighted by molar-refractivity contribution is -0.121. The molecule has 1 fully saturated rings. The third kappa shape index (κ3) is 9.97. The summed E-state index contributed by atoms with van der Waals surface area (Å²) in [4.78, 5) is 12.1. The van der Waals surface area contributed by atoms with Crippen LogP contribution in [0.3, 0.4) is 0 Å². The molecule has 0 radical (unpaired) electrons. The Hall–Kier alpha value is -1.10. The van der Waals surface area contributed by atoms with E-state index in [0.29, 0.717) is 6.54 Å². The summed E-state index contributed by atoms with van der Waals surface area (Å²) in [6.07, 6.45) is 7.94. The zero-order valence-electron chi connectivity index (χ0n) is 17.4. The first-order valence-corrected chi connectivity index (χ1v) is 14.1. The zero-order valence-corrected chi connectivity index (χ0v) is 19.6. The number of carbonyl (C=O) groups excluding carboxylic acids is 1. The van der Waals surface area contributed by atoms with E-state index in [-0.39, 0.29) is 5.91 Å². The highest BCUT2D eigenvalue weighted by molar-refractivity contribution is 7.77. The van der Waals surface area contributed by atoms with Crippen molar-refractivity contribution in [3.63, 3.8) is 0 Å². The van der Waals surface area contributed by atoms with Crippen molar-refractivity contribution >= 4 is 26.7 Å². The van der Waals surface area contributed by atoms with Gasteiger partial charge < -0.3 is 16.0 Å². The minimum absolute atomic E-state index is 0.214. The van der Waals surface area contributed by atoms with Crippen LogP contribution in [-0.4, -0.2) is 49.0 Å². The molecule has 0 aliphatic heterocycles. The summed E-state index contributed by atoms with van der Waals surface area (Å²) in [6.45, 7) is 5.27. The maximum absolute atomic E-state index is 12.1. The van der Waals surface area contributed by atoms with Gasteiger partial charge in [0.15, 0.2) is 0 Å². The summed E-state index contributed by atoms with van der Waals surface area (Å²) in [6, 6.07) is 8.90. The Labute approximate surface area is 179 Å². The zero-order chi connectivity index (χ0) is 20.9. The number of benzene rings is 1. The molecule has 1 unspecified atom stereocenters. The van der Waals surface area contributed by atoms with E-state index in [9.17, 15) is 9.00 Å². The second kappa shape index (κ2) is 14.0. The predicted molar refractivity (Wildman–Crippen MR) is 122 cm³/mol. The number of nitrogens with one attached hydrogen (secondary N) is 4. The average Bonchev–Trinajstić information content (AvgIpc) is 2.74. The maximum Gasteiger partial charge on any atom is 0.234 e. The fraction of sp³-hybridized carbons (Fsp3) is 0.650. The minimum atomic E-state index is -2.16. The third-order valence-electron chi connectivity index (χ3n) is 5.36. The molecule has 0 saturated heterocycles. The molecule has 1 aromatic rings. The predicted octanol–water partition coefficient (Wildman–Crippen LogP) is 0.974. The van der Waals surface area contributed by atoms with Gasteiger partial charge in [-0.1, -0.05) is 50.1 Å². The summed E-state index contributed by atoms with van der Waals surface area (Å²) in [7, 11) is -0.780. The molecule has 0 heterocycles. The van der Waals surface area contributed by atoms with Gasteiger partial charge in [0.2, 0.25) is 17.2 Å². The molecule has 1 aliphatic rings. The van der Waals surface area contributed by atoms with Gasteiger partial charge in [0.05, 0.1) is 15.2 Å². The van der Waals surface area contributed by atoms with Gasteiger partial charge in [-0.25, -0.2) is 8.93 Å². The van der Waals surface area contributed by atoms with Crippen molar-refractivity contribution in [1.29, 1.82) is 0 Å². The molecule has 29 heavy (non-hydrogen) atoms. The van der Waals surface area contributed by atoms with Crippen LogP contribution in [0.15, 0.2) is 24.3 Å². The largest absolute Gasteiger partial charge is 0.351 e. The maximum atomic E-state index is 12.1. The van der Waals surface area contributed by atoms with Crippen molar-refractivity contribution in [3.8, 4) is 0 Å². The highest BCUT2D eigenvalue weighted by Gasteiger charge is 2.17. The second-order valence-electron chi connectivity index (χ2n) is 7.68. The van der Waals surface area contributed by atoms with Gasteiger partial charge in [-0.2, -0.15) is 0 Å². The van der Waals surface area contributed by atoms with Gasteiger partial charge in [0.25, 0.3) is 0 Å². The van der Waals surface area contributed by atoms with Gasteiger partial charge in [-0.15, -0.1) is 0 Å². The molecule has 164 valence electrons. The Morgan fingerprint density at radius 3 is 2.41 bits per heavy atom. The molecule has 5 N–H and O–H groups in total. The lowest BCUT2D eigenvalue weighted by Gasteiger charge is -2.22. The molecule has 9 heteroatoms. The molecule has 2 atom stereocenters. The van der Waals surface area contributed by atoms with Gasteiger partial charge in [-0.05, 0) is 43.5 Å². The second-order valence-corrected chi connectivity index (χ2v) is 10.0. The summed E-state index contributed by atoms with van der Waals surface area (Å²) in [5.74, 6) is -0.214. The van der Waals surface area contributed by atoms with E-state index >= 15 is 0 Å². The standard InChI is InChI=1S/C20H36N4O3SSi/c1-29-20(24-28(26)27)19(25)23-15-17-10-8-16(9-11-17)14-21-12-5-13-22-18-6-3-2-4-7-18/h8-11,18,20-22,24H,2-7,12-15,29H2,1H3,(H,23,25)(H,26,27)/t20-/m0/s1. The van der Waals surface area contributed by atoms with Crippen molar-refractivity contribution in [1.82, 2.24) is 20.7 Å². The summed E-state index contributed by atoms with van der Waals surface area (Å²) < 4.78 is 22.1. The first-order valence-electron chi connectivity index (χ1n) is 10.7. The Bertz CT molecular complexity index is 627. The first kappa shape index (κ1) is 24.2. The molecule has 0 aromatic heterocycles. The Morgan fingerprint density at radius 1 is 1.14 bits per heavy atom. The smallest absolute Gasteiger partial charge is 0.234 e. The lowest BCUT2D eigenvalue weighted by atomic mass is 9.95. The Balaban J connectivity index is 1.59. The molecule has 1 aliphatic carbocycles. The highest BCUT2D eigenvalue weighted by atomic mass is 32.2. The van der Waals surface area contributed by atoms with Crippen LogP contribution in [0.5, 0.6) is 0 Å².